The molecular formula is C21H22N6O6. The van der Waals surface area contributed by atoms with Gasteiger partial charge in [-0.1, -0.05) is 0 Å². The van der Waals surface area contributed by atoms with Gasteiger partial charge in [0.15, 0.2) is 5.58 Å². The molecule has 0 saturated carbocycles. The molecule has 0 unspecified atom stereocenters. The lowest BCUT2D eigenvalue weighted by molar-refractivity contribution is 0.0937. The summed E-state index contributed by atoms with van der Waals surface area (Å²) < 4.78 is 17.5. The van der Waals surface area contributed by atoms with Crippen molar-refractivity contribution in [3.8, 4) is 5.75 Å². The van der Waals surface area contributed by atoms with Gasteiger partial charge in [-0.25, -0.2) is 9.78 Å². The number of fused-ring (bicyclic) bond motifs is 2. The van der Waals surface area contributed by atoms with Crippen LogP contribution in [0, 0.1) is 0 Å². The predicted octanol–water partition coefficient (Wildman–Crippen LogP) is 1.65. The Hall–Kier alpha value is -4.32. The van der Waals surface area contributed by atoms with Crippen LogP contribution in [-0.2, 0) is 11.8 Å². The van der Waals surface area contributed by atoms with Gasteiger partial charge in [0, 0.05) is 18.7 Å². The average molecular weight is 454 g/mol. The van der Waals surface area contributed by atoms with Crippen LogP contribution in [0.15, 0.2) is 40.8 Å². The first-order valence-corrected chi connectivity index (χ1v) is 10.0. The zero-order chi connectivity index (χ0) is 23.4. The predicted molar refractivity (Wildman–Crippen MR) is 118 cm³/mol. The minimum Gasteiger partial charge on any atom is -0.491 e. The van der Waals surface area contributed by atoms with Crippen LogP contribution in [0.4, 0.5) is 16.8 Å². The number of nitrogens with one attached hydrogen (secondary N) is 2. The standard InChI is InChI=1S/C21H22N6O6/c1-27-16-5-2-12(18(29)23-6-8-32-19(22)30)10-15(16)24-20(27)26-21-25-14-4-3-13(31-9-7-28)11-17(14)33-21/h2-5,10-11,28H,6-9H2,1H3,(H2,22,30)(H,23,29)(H,24,25,26). The van der Waals surface area contributed by atoms with Crippen LogP contribution in [0.25, 0.3) is 22.1 Å². The lowest BCUT2D eigenvalue weighted by atomic mass is 10.2. The summed E-state index contributed by atoms with van der Waals surface area (Å²) in [7, 11) is 1.82. The Morgan fingerprint density at radius 3 is 2.79 bits per heavy atom. The molecule has 0 saturated heterocycles. The van der Waals surface area contributed by atoms with Crippen molar-refractivity contribution < 1.29 is 28.6 Å². The van der Waals surface area contributed by atoms with E-state index in [1.54, 1.807) is 36.4 Å². The Bertz CT molecular complexity index is 1310. The number of oxazole rings is 1. The SMILES string of the molecule is Cn1c(Nc2nc3ccc(OCCO)cc3o2)nc2cc(C(=O)NCCOC(N)=O)ccc21. The number of nitrogens with two attached hydrogens (primary N) is 1. The summed E-state index contributed by atoms with van der Waals surface area (Å²) in [4.78, 5) is 31.8. The number of anilines is 2. The van der Waals surface area contributed by atoms with Crippen LogP contribution in [0.1, 0.15) is 10.4 Å². The second-order valence-electron chi connectivity index (χ2n) is 6.97. The maximum Gasteiger partial charge on any atom is 0.404 e. The van der Waals surface area contributed by atoms with E-state index in [0.29, 0.717) is 33.9 Å². The zero-order valence-corrected chi connectivity index (χ0v) is 17.7. The van der Waals surface area contributed by atoms with E-state index < -0.39 is 6.09 Å². The number of aliphatic hydroxyl groups excluding tert-OH is 1. The molecule has 0 aliphatic carbocycles. The molecular weight excluding hydrogens is 432 g/mol. The Morgan fingerprint density at radius 1 is 1.15 bits per heavy atom. The normalized spacial score (nSPS) is 11.0. The van der Waals surface area contributed by atoms with Crippen LogP contribution in [-0.4, -0.2) is 58.0 Å². The third kappa shape index (κ3) is 4.96. The van der Waals surface area contributed by atoms with Crippen LogP contribution >= 0.6 is 0 Å². The number of aliphatic hydroxyl groups is 1. The Kier molecular flexibility index (Phi) is 6.26. The maximum atomic E-state index is 12.3. The van der Waals surface area contributed by atoms with Gasteiger partial charge in [0.2, 0.25) is 5.95 Å². The molecule has 0 fully saturated rings. The number of imidazole rings is 1. The van der Waals surface area contributed by atoms with Crippen LogP contribution in [0.2, 0.25) is 0 Å². The lowest BCUT2D eigenvalue weighted by Gasteiger charge is -2.05. The summed E-state index contributed by atoms with van der Waals surface area (Å²) in [6.45, 7) is 0.229. The molecule has 2 aromatic carbocycles. The number of hydrogen-bond donors (Lipinski definition) is 4. The number of aromatic nitrogens is 3. The zero-order valence-electron chi connectivity index (χ0n) is 17.7. The number of rotatable bonds is 9. The van der Waals surface area contributed by atoms with Crippen molar-refractivity contribution in [2.45, 2.75) is 0 Å². The van der Waals surface area contributed by atoms with Gasteiger partial charge < -0.3 is 34.6 Å². The van der Waals surface area contributed by atoms with Crippen molar-refractivity contribution >= 4 is 46.1 Å². The van der Waals surface area contributed by atoms with Crippen molar-refractivity contribution in [2.75, 3.05) is 31.7 Å². The second-order valence-corrected chi connectivity index (χ2v) is 6.97. The summed E-state index contributed by atoms with van der Waals surface area (Å²) in [5.41, 5.74) is 7.83. The van der Waals surface area contributed by atoms with Crippen LogP contribution in [0.5, 0.6) is 5.75 Å². The summed E-state index contributed by atoms with van der Waals surface area (Å²) in [5, 5.41) is 14.6. The Labute approximate surface area is 187 Å². The number of ether oxygens (including phenoxy) is 2. The minimum atomic E-state index is -0.895. The number of aryl methyl sites for hydroxylation is 1. The minimum absolute atomic E-state index is 0.0134. The third-order valence-electron chi connectivity index (χ3n) is 4.71. The topological polar surface area (TPSA) is 167 Å². The van der Waals surface area contributed by atoms with Gasteiger partial charge in [-0.3, -0.25) is 10.1 Å². The highest BCUT2D eigenvalue weighted by atomic mass is 16.5. The number of benzene rings is 2. The molecule has 0 radical (unpaired) electrons. The molecule has 2 aromatic heterocycles. The van der Waals surface area contributed by atoms with Crippen LogP contribution in [0.3, 0.4) is 0 Å². The van der Waals surface area contributed by atoms with Crippen molar-refractivity contribution in [2.24, 2.45) is 12.8 Å². The van der Waals surface area contributed by atoms with Gasteiger partial charge in [0.1, 0.15) is 24.5 Å². The van der Waals surface area contributed by atoms with Crippen molar-refractivity contribution in [3.63, 3.8) is 0 Å². The molecule has 0 aliphatic rings. The van der Waals surface area contributed by atoms with E-state index in [4.69, 9.17) is 20.0 Å². The maximum absolute atomic E-state index is 12.3. The van der Waals surface area contributed by atoms with Crippen LogP contribution < -0.4 is 21.1 Å². The summed E-state index contributed by atoms with van der Waals surface area (Å²) in [6.07, 6.45) is -0.895. The fraction of sp³-hybridized carbons (Fsp3) is 0.238. The second kappa shape index (κ2) is 9.44. The summed E-state index contributed by atoms with van der Waals surface area (Å²) >= 11 is 0. The summed E-state index contributed by atoms with van der Waals surface area (Å²) in [5.74, 6) is 0.706. The van der Waals surface area contributed by atoms with Gasteiger partial charge >= 0.3 is 12.1 Å². The van der Waals surface area contributed by atoms with Gasteiger partial charge in [-0.2, -0.15) is 4.98 Å². The van der Waals surface area contributed by atoms with Gasteiger partial charge in [-0.05, 0) is 30.3 Å². The first kappa shape index (κ1) is 21.9. The smallest absolute Gasteiger partial charge is 0.404 e. The molecule has 2 amide bonds. The molecule has 12 heteroatoms. The highest BCUT2D eigenvalue weighted by molar-refractivity contribution is 5.97. The fourth-order valence-corrected chi connectivity index (χ4v) is 3.18. The molecule has 5 N–H and O–H groups in total. The molecule has 0 bridgehead atoms. The fourth-order valence-electron chi connectivity index (χ4n) is 3.18. The highest BCUT2D eigenvalue weighted by Crippen LogP contribution is 2.27. The molecule has 4 aromatic rings. The largest absolute Gasteiger partial charge is 0.491 e. The number of carbonyl (C=O) groups excluding carboxylic acids is 2. The van der Waals surface area contributed by atoms with Gasteiger partial charge in [0.05, 0.1) is 24.2 Å². The molecule has 12 nitrogen and oxygen atoms in total. The number of hydrogen-bond acceptors (Lipinski definition) is 9. The van der Waals surface area contributed by atoms with E-state index in [2.05, 4.69) is 25.3 Å². The quantitative estimate of drug-likeness (QED) is 0.275. The molecule has 0 atom stereocenters. The first-order chi connectivity index (χ1) is 15.9. The molecule has 172 valence electrons. The number of nitrogens with zero attached hydrogens (tertiary/aromatic N) is 3. The lowest BCUT2D eigenvalue weighted by Crippen LogP contribution is -2.28. The van der Waals surface area contributed by atoms with Crippen molar-refractivity contribution in [1.82, 2.24) is 19.9 Å². The molecule has 33 heavy (non-hydrogen) atoms. The average Bonchev–Trinajstić information content (AvgIpc) is 3.34. The number of amides is 2. The Morgan fingerprint density at radius 2 is 2.00 bits per heavy atom. The van der Waals surface area contributed by atoms with Gasteiger partial charge in [-0.15, -0.1) is 0 Å². The molecule has 2 heterocycles. The van der Waals surface area contributed by atoms with E-state index >= 15 is 0 Å². The molecule has 0 aliphatic heterocycles. The van der Waals surface area contributed by atoms with E-state index in [-0.39, 0.29) is 38.3 Å². The van der Waals surface area contributed by atoms with E-state index in [1.807, 2.05) is 11.6 Å². The number of primary amides is 1. The van der Waals surface area contributed by atoms with E-state index in [9.17, 15) is 9.59 Å². The molecule has 0 spiro atoms. The van der Waals surface area contributed by atoms with Gasteiger partial charge in [0.25, 0.3) is 5.91 Å². The van der Waals surface area contributed by atoms with E-state index in [1.165, 1.54) is 0 Å². The third-order valence-corrected chi connectivity index (χ3v) is 4.71. The number of carbonyl (C=O) groups is 2. The van der Waals surface area contributed by atoms with Crippen molar-refractivity contribution in [1.29, 1.82) is 0 Å². The highest BCUT2D eigenvalue weighted by Gasteiger charge is 2.14. The van der Waals surface area contributed by atoms with Crippen molar-refractivity contribution in [3.05, 3.63) is 42.0 Å². The first-order valence-electron chi connectivity index (χ1n) is 10.0. The summed E-state index contributed by atoms with van der Waals surface area (Å²) in [6, 6.07) is 10.5. The van der Waals surface area contributed by atoms with E-state index in [0.717, 1.165) is 5.52 Å². The Balaban J connectivity index is 1.49. The molecule has 4 rings (SSSR count). The monoisotopic (exact) mass is 454 g/mol.